The van der Waals surface area contributed by atoms with Crippen LogP contribution >= 0.6 is 0 Å². The van der Waals surface area contributed by atoms with Crippen LogP contribution in [-0.2, 0) is 4.79 Å². The van der Waals surface area contributed by atoms with E-state index in [1.807, 2.05) is 18.2 Å². The number of hydrogen-bond acceptors (Lipinski definition) is 4. The number of phenolic OH excluding ortho intramolecular Hbond substituents is 1. The lowest BCUT2D eigenvalue weighted by molar-refractivity contribution is -0.124. The number of amides is 1. The second-order valence-corrected chi connectivity index (χ2v) is 5.09. The van der Waals surface area contributed by atoms with Crippen molar-refractivity contribution in [2.24, 2.45) is 0 Å². The maximum Gasteiger partial charge on any atom is 0.231 e. The van der Waals surface area contributed by atoms with E-state index in [0.717, 1.165) is 11.3 Å². The van der Waals surface area contributed by atoms with Crippen molar-refractivity contribution >= 4 is 11.6 Å². The Kier molecular flexibility index (Phi) is 2.54. The molecule has 21 heavy (non-hydrogen) atoms. The van der Waals surface area contributed by atoms with Gasteiger partial charge in [-0.25, -0.2) is 0 Å². The molecule has 1 atom stereocenters. The lowest BCUT2D eigenvalue weighted by atomic mass is 9.92. The van der Waals surface area contributed by atoms with Crippen molar-refractivity contribution in [1.82, 2.24) is 0 Å². The third kappa shape index (κ3) is 1.81. The number of benzene rings is 2. The standard InChI is InChI=1S/C16H13NO4/c18-13-4-2-1-3-11(13)17-12(8-16(17)19)10-5-6-14-15(7-10)21-9-20-14/h1-7,12,18H,8-9H2. The SMILES string of the molecule is O=C1CC(c2ccc3c(c2)OCO3)N1c1ccccc1O. The highest BCUT2D eigenvalue weighted by atomic mass is 16.7. The molecule has 5 heteroatoms. The fourth-order valence-electron chi connectivity index (χ4n) is 2.77. The molecule has 2 heterocycles. The second kappa shape index (κ2) is 4.41. The smallest absolute Gasteiger partial charge is 0.231 e. The number of rotatable bonds is 2. The Hall–Kier alpha value is -2.69. The predicted octanol–water partition coefficient (Wildman–Crippen LogP) is 2.60. The Bertz CT molecular complexity index is 728. The van der Waals surface area contributed by atoms with Crippen LogP contribution in [0.25, 0.3) is 0 Å². The number of hydrogen-bond donors (Lipinski definition) is 1. The minimum Gasteiger partial charge on any atom is -0.506 e. The molecule has 1 N–H and O–H groups in total. The van der Waals surface area contributed by atoms with Gasteiger partial charge in [0.2, 0.25) is 12.7 Å². The first-order valence-corrected chi connectivity index (χ1v) is 6.73. The molecule has 1 fully saturated rings. The zero-order valence-electron chi connectivity index (χ0n) is 11.2. The quantitative estimate of drug-likeness (QED) is 0.861. The number of β-lactam (4-membered cyclic amide) rings is 1. The van der Waals surface area contributed by atoms with E-state index in [2.05, 4.69) is 0 Å². The van der Waals surface area contributed by atoms with Crippen LogP contribution in [-0.4, -0.2) is 17.8 Å². The van der Waals surface area contributed by atoms with Crippen molar-refractivity contribution in [2.45, 2.75) is 12.5 Å². The van der Waals surface area contributed by atoms with Gasteiger partial charge in [-0.05, 0) is 29.8 Å². The number of anilines is 1. The predicted molar refractivity (Wildman–Crippen MR) is 75.5 cm³/mol. The summed E-state index contributed by atoms with van der Waals surface area (Å²) in [5, 5.41) is 9.94. The Labute approximate surface area is 121 Å². The minimum absolute atomic E-state index is 0.000771. The van der Waals surface area contributed by atoms with Crippen LogP contribution in [0.4, 0.5) is 5.69 Å². The van der Waals surface area contributed by atoms with Gasteiger partial charge in [0.05, 0.1) is 18.2 Å². The summed E-state index contributed by atoms with van der Waals surface area (Å²) in [7, 11) is 0. The van der Waals surface area contributed by atoms with Gasteiger partial charge < -0.3 is 19.5 Å². The van der Waals surface area contributed by atoms with E-state index in [0.29, 0.717) is 17.9 Å². The first-order chi connectivity index (χ1) is 10.2. The normalized spacial score (nSPS) is 19.5. The van der Waals surface area contributed by atoms with E-state index >= 15 is 0 Å². The van der Waals surface area contributed by atoms with Gasteiger partial charge in [0.15, 0.2) is 11.5 Å². The highest BCUT2D eigenvalue weighted by Crippen LogP contribution is 2.44. The molecule has 1 amide bonds. The summed E-state index contributed by atoms with van der Waals surface area (Å²) in [4.78, 5) is 13.6. The minimum atomic E-state index is -0.0831. The van der Waals surface area contributed by atoms with Crippen LogP contribution in [0.15, 0.2) is 42.5 Å². The van der Waals surface area contributed by atoms with Crippen molar-refractivity contribution < 1.29 is 19.4 Å². The summed E-state index contributed by atoms with van der Waals surface area (Å²) in [6.07, 6.45) is 0.425. The number of fused-ring (bicyclic) bond motifs is 1. The van der Waals surface area contributed by atoms with E-state index in [1.165, 1.54) is 0 Å². The van der Waals surface area contributed by atoms with Crippen LogP contribution in [0.3, 0.4) is 0 Å². The molecule has 2 aliphatic heterocycles. The molecular formula is C16H13NO4. The Morgan fingerprint density at radius 1 is 1.10 bits per heavy atom. The van der Waals surface area contributed by atoms with Crippen LogP contribution in [0.1, 0.15) is 18.0 Å². The number of phenols is 1. The van der Waals surface area contributed by atoms with Crippen molar-refractivity contribution in [3.05, 3.63) is 48.0 Å². The molecule has 106 valence electrons. The molecule has 0 aromatic heterocycles. The number of para-hydroxylation sites is 2. The first-order valence-electron chi connectivity index (χ1n) is 6.73. The zero-order valence-corrected chi connectivity index (χ0v) is 11.2. The van der Waals surface area contributed by atoms with Crippen molar-refractivity contribution in [2.75, 3.05) is 11.7 Å². The second-order valence-electron chi connectivity index (χ2n) is 5.09. The Balaban J connectivity index is 1.70. The van der Waals surface area contributed by atoms with E-state index < -0.39 is 0 Å². The molecule has 2 aromatic carbocycles. The largest absolute Gasteiger partial charge is 0.506 e. The maximum absolute atomic E-state index is 12.0. The van der Waals surface area contributed by atoms with Gasteiger partial charge in [-0.15, -0.1) is 0 Å². The summed E-state index contributed by atoms with van der Waals surface area (Å²) < 4.78 is 10.7. The van der Waals surface area contributed by atoms with E-state index in [-0.39, 0.29) is 24.5 Å². The molecule has 5 nitrogen and oxygen atoms in total. The van der Waals surface area contributed by atoms with Gasteiger partial charge >= 0.3 is 0 Å². The topological polar surface area (TPSA) is 59.0 Å². The number of carbonyl (C=O) groups excluding carboxylic acids is 1. The summed E-state index contributed by atoms with van der Waals surface area (Å²) in [6, 6.07) is 12.5. The Morgan fingerprint density at radius 2 is 1.90 bits per heavy atom. The summed E-state index contributed by atoms with van der Waals surface area (Å²) >= 11 is 0. The number of nitrogens with zero attached hydrogens (tertiary/aromatic N) is 1. The van der Waals surface area contributed by atoms with Crippen molar-refractivity contribution in [3.63, 3.8) is 0 Å². The van der Waals surface area contributed by atoms with Gasteiger partial charge in [-0.3, -0.25) is 4.79 Å². The molecular weight excluding hydrogens is 270 g/mol. The summed E-state index contributed by atoms with van der Waals surface area (Å²) in [5.41, 5.74) is 1.51. The summed E-state index contributed by atoms with van der Waals surface area (Å²) in [6.45, 7) is 0.228. The maximum atomic E-state index is 12.0. The van der Waals surface area contributed by atoms with Crippen molar-refractivity contribution in [1.29, 1.82) is 0 Å². The molecule has 0 saturated carbocycles. The van der Waals surface area contributed by atoms with Crippen LogP contribution < -0.4 is 14.4 Å². The fraction of sp³-hybridized carbons (Fsp3) is 0.188. The van der Waals surface area contributed by atoms with Gasteiger partial charge in [-0.2, -0.15) is 0 Å². The van der Waals surface area contributed by atoms with Gasteiger partial charge in [0.25, 0.3) is 0 Å². The fourth-order valence-corrected chi connectivity index (χ4v) is 2.77. The Morgan fingerprint density at radius 3 is 2.71 bits per heavy atom. The van der Waals surface area contributed by atoms with Crippen LogP contribution in [0.2, 0.25) is 0 Å². The molecule has 1 unspecified atom stereocenters. The van der Waals surface area contributed by atoms with Gasteiger partial charge in [0.1, 0.15) is 5.75 Å². The monoisotopic (exact) mass is 283 g/mol. The molecule has 0 spiro atoms. The third-order valence-corrected chi connectivity index (χ3v) is 3.87. The molecule has 2 aromatic rings. The molecule has 2 aliphatic rings. The highest BCUT2D eigenvalue weighted by Gasteiger charge is 2.39. The van der Waals surface area contributed by atoms with Crippen LogP contribution in [0, 0.1) is 0 Å². The summed E-state index contributed by atoms with van der Waals surface area (Å²) in [5.74, 6) is 1.53. The average Bonchev–Trinajstić information content (AvgIpc) is 2.94. The van der Waals surface area contributed by atoms with E-state index in [1.54, 1.807) is 29.2 Å². The third-order valence-electron chi connectivity index (χ3n) is 3.87. The lowest BCUT2D eigenvalue weighted by Crippen LogP contribution is -2.46. The van der Waals surface area contributed by atoms with E-state index in [9.17, 15) is 9.90 Å². The molecule has 1 saturated heterocycles. The number of carbonyl (C=O) groups is 1. The van der Waals surface area contributed by atoms with Crippen LogP contribution in [0.5, 0.6) is 17.2 Å². The molecule has 4 rings (SSSR count). The highest BCUT2D eigenvalue weighted by molar-refractivity contribution is 6.02. The van der Waals surface area contributed by atoms with E-state index in [4.69, 9.17) is 9.47 Å². The molecule has 0 bridgehead atoms. The lowest BCUT2D eigenvalue weighted by Gasteiger charge is -2.41. The number of aromatic hydroxyl groups is 1. The first kappa shape index (κ1) is 12.1. The average molecular weight is 283 g/mol. The molecule has 0 aliphatic carbocycles. The van der Waals surface area contributed by atoms with Crippen molar-refractivity contribution in [3.8, 4) is 17.2 Å². The van der Waals surface area contributed by atoms with Gasteiger partial charge in [-0.1, -0.05) is 18.2 Å². The van der Waals surface area contributed by atoms with Gasteiger partial charge in [0, 0.05) is 0 Å². The zero-order chi connectivity index (χ0) is 14.4. The molecule has 0 radical (unpaired) electrons. The number of ether oxygens (including phenoxy) is 2.